The number of rotatable bonds is 6. The summed E-state index contributed by atoms with van der Waals surface area (Å²) in [4.78, 5) is 18.6. The second-order valence-electron chi connectivity index (χ2n) is 1.90. The summed E-state index contributed by atoms with van der Waals surface area (Å²) in [5.41, 5.74) is -0.933. The molecule has 0 radical (unpaired) electrons. The first-order valence-corrected chi connectivity index (χ1v) is 4.71. The molecule has 0 aromatic carbocycles. The number of hydrogen-bond acceptors (Lipinski definition) is 6. The second kappa shape index (κ2) is 5.40. The van der Waals surface area contributed by atoms with Crippen molar-refractivity contribution in [3.05, 3.63) is 0 Å². The molecular formula is C5H11O6P. The molecule has 0 heterocycles. The van der Waals surface area contributed by atoms with Gasteiger partial charge >= 0.3 is 7.60 Å². The molecule has 12 heavy (non-hydrogen) atoms. The first-order chi connectivity index (χ1) is 5.60. The molecule has 0 aliphatic carbocycles. The van der Waals surface area contributed by atoms with Crippen LogP contribution in [0.5, 0.6) is 0 Å². The summed E-state index contributed by atoms with van der Waals surface area (Å²) in [5, 5.41) is 0. The van der Waals surface area contributed by atoms with Crippen LogP contribution in [0.2, 0.25) is 0 Å². The van der Waals surface area contributed by atoms with Crippen molar-refractivity contribution in [3.8, 4) is 0 Å². The van der Waals surface area contributed by atoms with Gasteiger partial charge in [0.15, 0.2) is 0 Å². The molecule has 0 saturated heterocycles. The van der Waals surface area contributed by atoms with Crippen LogP contribution in [-0.2, 0) is 28.5 Å². The molecular weight excluding hydrogens is 187 g/mol. The monoisotopic (exact) mass is 198 g/mol. The Morgan fingerprint density at radius 3 is 1.92 bits per heavy atom. The zero-order chi connectivity index (χ0) is 9.61. The summed E-state index contributed by atoms with van der Waals surface area (Å²) in [5.74, 6) is 0. The van der Waals surface area contributed by atoms with Crippen LogP contribution >= 0.6 is 7.60 Å². The fourth-order valence-corrected chi connectivity index (χ4v) is 1.29. The second-order valence-corrected chi connectivity index (χ2v) is 4.09. The molecule has 72 valence electrons. The Balaban J connectivity index is 4.37. The molecule has 1 atom stereocenters. The van der Waals surface area contributed by atoms with Crippen molar-refractivity contribution >= 4 is 13.9 Å². The van der Waals surface area contributed by atoms with E-state index in [4.69, 9.17) is 0 Å². The van der Waals surface area contributed by atoms with Crippen LogP contribution in [-0.4, -0.2) is 26.2 Å². The van der Waals surface area contributed by atoms with E-state index in [1.165, 1.54) is 6.92 Å². The highest BCUT2D eigenvalue weighted by Gasteiger charge is 2.35. The van der Waals surface area contributed by atoms with E-state index in [0.29, 0.717) is 6.29 Å². The molecule has 1 unspecified atom stereocenters. The average molecular weight is 198 g/mol. The van der Waals surface area contributed by atoms with Gasteiger partial charge in [-0.3, -0.25) is 4.57 Å². The molecule has 0 spiro atoms. The van der Waals surface area contributed by atoms with E-state index in [9.17, 15) is 9.36 Å². The van der Waals surface area contributed by atoms with Crippen LogP contribution in [0.4, 0.5) is 0 Å². The van der Waals surface area contributed by atoms with Crippen LogP contribution in [0.25, 0.3) is 0 Å². The number of carbonyl (C=O) groups is 1. The molecule has 0 aliphatic rings. The zero-order valence-electron chi connectivity index (χ0n) is 7.05. The Morgan fingerprint density at radius 2 is 1.67 bits per heavy atom. The van der Waals surface area contributed by atoms with Crippen LogP contribution in [0.1, 0.15) is 6.92 Å². The summed E-state index contributed by atoms with van der Waals surface area (Å²) in [6.45, 7) is 1.37. The number of carbonyl (C=O) groups excluding carboxylic acids is 1. The first kappa shape index (κ1) is 11.7. The van der Waals surface area contributed by atoms with Gasteiger partial charge in [0, 0.05) is 0 Å². The Hall–Kier alpha value is -0.260. The fourth-order valence-electron chi connectivity index (χ4n) is 0.430. The summed E-state index contributed by atoms with van der Waals surface area (Å²) in [6, 6.07) is 0. The van der Waals surface area contributed by atoms with E-state index < -0.39 is 13.3 Å². The fraction of sp³-hybridized carbons (Fsp3) is 0.800. The van der Waals surface area contributed by atoms with Gasteiger partial charge in [0.05, 0.1) is 14.2 Å². The molecule has 0 bridgehead atoms. The van der Waals surface area contributed by atoms with Gasteiger partial charge in [-0.15, -0.1) is 9.35 Å². The van der Waals surface area contributed by atoms with Crippen molar-refractivity contribution < 1.29 is 28.5 Å². The molecule has 0 fully saturated rings. The maximum absolute atomic E-state index is 11.4. The molecule has 0 aromatic rings. The maximum Gasteiger partial charge on any atom is 0.393 e. The molecule has 0 amide bonds. The first-order valence-electron chi connectivity index (χ1n) is 3.10. The minimum atomic E-state index is -3.62. The van der Waals surface area contributed by atoms with Crippen LogP contribution in [0.15, 0.2) is 0 Å². The van der Waals surface area contributed by atoms with E-state index in [0.717, 1.165) is 14.2 Å². The van der Waals surface area contributed by atoms with Gasteiger partial charge in [-0.05, 0) is 6.92 Å². The molecule has 6 nitrogen and oxygen atoms in total. The quantitative estimate of drug-likeness (QED) is 0.273. The van der Waals surface area contributed by atoms with E-state index in [1.54, 1.807) is 0 Å². The molecule has 0 aliphatic heterocycles. The van der Waals surface area contributed by atoms with Crippen LogP contribution in [0, 0.1) is 0 Å². The molecule has 0 rings (SSSR count). The Morgan fingerprint density at radius 1 is 1.25 bits per heavy atom. The van der Waals surface area contributed by atoms with Crippen molar-refractivity contribution in [2.75, 3.05) is 14.2 Å². The topological polar surface area (TPSA) is 71.1 Å². The highest BCUT2D eigenvalue weighted by molar-refractivity contribution is 7.55. The smallest absolute Gasteiger partial charge is 0.302 e. The van der Waals surface area contributed by atoms with Crippen molar-refractivity contribution in [1.82, 2.24) is 0 Å². The standard InChI is InChI=1S/C5H11O6P/c1-5(4-6)12(7,10-8-2)11-9-3/h4-5H,1-3H3. The highest BCUT2D eigenvalue weighted by Crippen LogP contribution is 2.52. The lowest BCUT2D eigenvalue weighted by atomic mass is 10.5. The van der Waals surface area contributed by atoms with Crippen LogP contribution in [0.3, 0.4) is 0 Å². The molecule has 0 N–H and O–H groups in total. The Kier molecular flexibility index (Phi) is 5.28. The number of aldehydes is 1. The normalized spacial score (nSPS) is 14.2. The van der Waals surface area contributed by atoms with E-state index in [2.05, 4.69) is 19.1 Å². The lowest BCUT2D eigenvalue weighted by Crippen LogP contribution is -2.10. The Bertz CT molecular complexity index is 171. The van der Waals surface area contributed by atoms with Gasteiger partial charge in [0.2, 0.25) is 0 Å². The third kappa shape index (κ3) is 3.00. The van der Waals surface area contributed by atoms with Crippen molar-refractivity contribution in [2.24, 2.45) is 0 Å². The minimum Gasteiger partial charge on any atom is -0.302 e. The molecule has 0 saturated carbocycles. The minimum absolute atomic E-state index is 0.429. The number of hydrogen-bond donors (Lipinski definition) is 0. The van der Waals surface area contributed by atoms with E-state index in [1.807, 2.05) is 0 Å². The van der Waals surface area contributed by atoms with E-state index >= 15 is 0 Å². The van der Waals surface area contributed by atoms with Crippen molar-refractivity contribution in [3.63, 3.8) is 0 Å². The third-order valence-corrected chi connectivity index (χ3v) is 2.89. The summed E-state index contributed by atoms with van der Waals surface area (Å²) in [6.07, 6.45) is 0.429. The predicted octanol–water partition coefficient (Wildman–Crippen LogP) is 0.923. The summed E-state index contributed by atoms with van der Waals surface area (Å²) in [7, 11) is -1.31. The van der Waals surface area contributed by atoms with Gasteiger partial charge in [-0.25, -0.2) is 9.78 Å². The van der Waals surface area contributed by atoms with Gasteiger partial charge in [0.25, 0.3) is 0 Å². The third-order valence-electron chi connectivity index (χ3n) is 1.05. The average Bonchev–Trinajstić information content (AvgIpc) is 2.04. The van der Waals surface area contributed by atoms with Crippen LogP contribution < -0.4 is 0 Å². The van der Waals surface area contributed by atoms with Gasteiger partial charge in [0.1, 0.15) is 11.9 Å². The largest absolute Gasteiger partial charge is 0.393 e. The lowest BCUT2D eigenvalue weighted by Gasteiger charge is -2.15. The van der Waals surface area contributed by atoms with Gasteiger partial charge in [-0.1, -0.05) is 0 Å². The van der Waals surface area contributed by atoms with Gasteiger partial charge in [-0.2, -0.15) is 0 Å². The SMILES string of the molecule is COOP(=O)(OOC)C(C)C=O. The van der Waals surface area contributed by atoms with Crippen molar-refractivity contribution in [2.45, 2.75) is 12.6 Å². The van der Waals surface area contributed by atoms with Crippen molar-refractivity contribution in [1.29, 1.82) is 0 Å². The molecule has 0 aromatic heterocycles. The summed E-state index contributed by atoms with van der Waals surface area (Å²) >= 11 is 0. The predicted molar refractivity (Wildman–Crippen MR) is 39.3 cm³/mol. The molecule has 7 heteroatoms. The lowest BCUT2D eigenvalue weighted by molar-refractivity contribution is -0.243. The zero-order valence-corrected chi connectivity index (χ0v) is 7.95. The Labute approximate surface area is 70.1 Å². The highest BCUT2D eigenvalue weighted by atomic mass is 31.2. The van der Waals surface area contributed by atoms with E-state index in [-0.39, 0.29) is 0 Å². The maximum atomic E-state index is 11.4. The van der Waals surface area contributed by atoms with Gasteiger partial charge < -0.3 is 4.79 Å². The summed E-state index contributed by atoms with van der Waals surface area (Å²) < 4.78 is 20.0.